The molecule has 1 heterocycles. The second-order valence-corrected chi connectivity index (χ2v) is 4.27. The minimum atomic E-state index is -0.281. The SMILES string of the molecule is Cc1cnnc(NC(C)C(=O)NC2CC2)c1. The molecule has 1 aromatic rings. The van der Waals surface area contributed by atoms with E-state index in [1.807, 2.05) is 19.9 Å². The van der Waals surface area contributed by atoms with E-state index in [1.165, 1.54) is 0 Å². The van der Waals surface area contributed by atoms with Crippen LogP contribution in [0.1, 0.15) is 25.3 Å². The fourth-order valence-electron chi connectivity index (χ4n) is 1.38. The average molecular weight is 220 g/mol. The first-order valence-electron chi connectivity index (χ1n) is 5.51. The van der Waals surface area contributed by atoms with Crippen molar-refractivity contribution in [2.45, 2.75) is 38.8 Å². The molecule has 0 saturated heterocycles. The van der Waals surface area contributed by atoms with Gasteiger partial charge in [0.2, 0.25) is 5.91 Å². The third-order valence-corrected chi connectivity index (χ3v) is 2.47. The van der Waals surface area contributed by atoms with Crippen LogP contribution in [0.2, 0.25) is 0 Å². The molecule has 1 aliphatic carbocycles. The molecule has 1 unspecified atom stereocenters. The molecule has 1 atom stereocenters. The van der Waals surface area contributed by atoms with Crippen molar-refractivity contribution in [3.05, 3.63) is 17.8 Å². The van der Waals surface area contributed by atoms with Crippen LogP contribution < -0.4 is 10.6 Å². The lowest BCUT2D eigenvalue weighted by Gasteiger charge is -2.13. The second kappa shape index (κ2) is 4.47. The third-order valence-electron chi connectivity index (χ3n) is 2.47. The standard InChI is InChI=1S/C11H16N4O/c1-7-5-10(15-12-6-7)13-8(2)11(16)14-9-3-4-9/h5-6,8-9H,3-4H2,1-2H3,(H,13,15)(H,14,16). The molecule has 0 radical (unpaired) electrons. The first-order valence-corrected chi connectivity index (χ1v) is 5.51. The number of nitrogens with one attached hydrogen (secondary N) is 2. The highest BCUT2D eigenvalue weighted by molar-refractivity contribution is 5.84. The Morgan fingerprint density at radius 3 is 2.94 bits per heavy atom. The van der Waals surface area contributed by atoms with Gasteiger partial charge in [-0.15, -0.1) is 5.10 Å². The number of aromatic nitrogens is 2. The van der Waals surface area contributed by atoms with Crippen molar-refractivity contribution >= 4 is 11.7 Å². The number of amides is 1. The fraction of sp³-hybridized carbons (Fsp3) is 0.545. The molecule has 1 amide bonds. The van der Waals surface area contributed by atoms with Gasteiger partial charge in [-0.05, 0) is 38.3 Å². The smallest absolute Gasteiger partial charge is 0.242 e. The van der Waals surface area contributed by atoms with Crippen LogP contribution in [-0.4, -0.2) is 28.2 Å². The van der Waals surface area contributed by atoms with Crippen LogP contribution in [0.25, 0.3) is 0 Å². The normalized spacial score (nSPS) is 16.6. The lowest BCUT2D eigenvalue weighted by molar-refractivity contribution is -0.121. The van der Waals surface area contributed by atoms with Crippen molar-refractivity contribution in [1.29, 1.82) is 0 Å². The maximum absolute atomic E-state index is 11.7. The molecule has 5 nitrogen and oxygen atoms in total. The van der Waals surface area contributed by atoms with Crippen molar-refractivity contribution in [3.8, 4) is 0 Å². The number of carbonyl (C=O) groups is 1. The Labute approximate surface area is 94.6 Å². The molecular weight excluding hydrogens is 204 g/mol. The third kappa shape index (κ3) is 2.92. The van der Waals surface area contributed by atoms with Crippen LogP contribution in [0.4, 0.5) is 5.82 Å². The van der Waals surface area contributed by atoms with Crippen molar-refractivity contribution in [3.63, 3.8) is 0 Å². The highest BCUT2D eigenvalue weighted by Crippen LogP contribution is 2.18. The Bertz CT molecular complexity index is 389. The highest BCUT2D eigenvalue weighted by atomic mass is 16.2. The van der Waals surface area contributed by atoms with E-state index in [0.717, 1.165) is 18.4 Å². The van der Waals surface area contributed by atoms with Crippen LogP contribution in [-0.2, 0) is 4.79 Å². The van der Waals surface area contributed by atoms with Crippen LogP contribution in [0.15, 0.2) is 12.3 Å². The molecule has 1 fully saturated rings. The Hall–Kier alpha value is -1.65. The molecule has 1 saturated carbocycles. The van der Waals surface area contributed by atoms with E-state index in [4.69, 9.17) is 0 Å². The van der Waals surface area contributed by atoms with Gasteiger partial charge in [0.1, 0.15) is 11.9 Å². The minimum Gasteiger partial charge on any atom is -0.357 e. The predicted octanol–water partition coefficient (Wildman–Crippen LogP) is 0.864. The van der Waals surface area contributed by atoms with Crippen molar-refractivity contribution in [1.82, 2.24) is 15.5 Å². The fourth-order valence-corrected chi connectivity index (χ4v) is 1.38. The zero-order chi connectivity index (χ0) is 11.5. The molecular formula is C11H16N4O. The molecule has 0 aromatic carbocycles. The van der Waals surface area contributed by atoms with Crippen LogP contribution in [0.5, 0.6) is 0 Å². The van der Waals surface area contributed by atoms with Gasteiger partial charge in [0.15, 0.2) is 0 Å². The van der Waals surface area contributed by atoms with E-state index in [2.05, 4.69) is 20.8 Å². The second-order valence-electron chi connectivity index (χ2n) is 4.27. The first-order chi connectivity index (χ1) is 7.65. The van der Waals surface area contributed by atoms with Gasteiger partial charge in [-0.3, -0.25) is 4.79 Å². The zero-order valence-electron chi connectivity index (χ0n) is 9.53. The van der Waals surface area contributed by atoms with Gasteiger partial charge in [0.25, 0.3) is 0 Å². The van der Waals surface area contributed by atoms with Gasteiger partial charge in [-0.25, -0.2) is 0 Å². The zero-order valence-corrected chi connectivity index (χ0v) is 9.53. The summed E-state index contributed by atoms with van der Waals surface area (Å²) < 4.78 is 0. The summed E-state index contributed by atoms with van der Waals surface area (Å²) in [5, 5.41) is 13.7. The number of nitrogens with zero attached hydrogens (tertiary/aromatic N) is 2. The topological polar surface area (TPSA) is 66.9 Å². The summed E-state index contributed by atoms with van der Waals surface area (Å²) in [6.45, 7) is 3.76. The number of hydrogen-bond acceptors (Lipinski definition) is 4. The average Bonchev–Trinajstić information content (AvgIpc) is 3.01. The van der Waals surface area contributed by atoms with E-state index in [9.17, 15) is 4.79 Å². The number of anilines is 1. The predicted molar refractivity (Wildman–Crippen MR) is 61.0 cm³/mol. The molecule has 2 rings (SSSR count). The van der Waals surface area contributed by atoms with Gasteiger partial charge in [0.05, 0.1) is 6.20 Å². The summed E-state index contributed by atoms with van der Waals surface area (Å²) >= 11 is 0. The molecule has 0 bridgehead atoms. The van der Waals surface area contributed by atoms with E-state index in [0.29, 0.717) is 11.9 Å². The summed E-state index contributed by atoms with van der Waals surface area (Å²) in [5.74, 6) is 0.657. The van der Waals surface area contributed by atoms with Gasteiger partial charge in [0, 0.05) is 6.04 Å². The number of carbonyl (C=O) groups excluding carboxylic acids is 1. The summed E-state index contributed by atoms with van der Waals surface area (Å²) in [7, 11) is 0. The van der Waals surface area contributed by atoms with Crippen LogP contribution in [0.3, 0.4) is 0 Å². The molecule has 0 aliphatic heterocycles. The Morgan fingerprint density at radius 1 is 1.56 bits per heavy atom. The van der Waals surface area contributed by atoms with Crippen molar-refractivity contribution < 1.29 is 4.79 Å². The minimum absolute atomic E-state index is 0.0193. The lowest BCUT2D eigenvalue weighted by atomic mass is 10.3. The molecule has 1 aliphatic rings. The Morgan fingerprint density at radius 2 is 2.31 bits per heavy atom. The maximum Gasteiger partial charge on any atom is 0.242 e. The van der Waals surface area contributed by atoms with Gasteiger partial charge in [-0.2, -0.15) is 5.10 Å². The summed E-state index contributed by atoms with van der Waals surface area (Å²) in [4.78, 5) is 11.7. The summed E-state index contributed by atoms with van der Waals surface area (Å²) in [6, 6.07) is 1.98. The number of aryl methyl sites for hydroxylation is 1. The van der Waals surface area contributed by atoms with E-state index in [1.54, 1.807) is 6.20 Å². The van der Waals surface area contributed by atoms with Crippen molar-refractivity contribution in [2.24, 2.45) is 0 Å². The molecule has 1 aromatic heterocycles. The van der Waals surface area contributed by atoms with E-state index in [-0.39, 0.29) is 11.9 Å². The molecule has 16 heavy (non-hydrogen) atoms. The monoisotopic (exact) mass is 220 g/mol. The van der Waals surface area contributed by atoms with E-state index >= 15 is 0 Å². The Balaban J connectivity index is 1.90. The quantitative estimate of drug-likeness (QED) is 0.790. The van der Waals surface area contributed by atoms with Gasteiger partial charge >= 0.3 is 0 Å². The number of hydrogen-bond donors (Lipinski definition) is 2. The molecule has 2 N–H and O–H groups in total. The van der Waals surface area contributed by atoms with Gasteiger partial charge in [-0.1, -0.05) is 0 Å². The lowest BCUT2D eigenvalue weighted by Crippen LogP contribution is -2.38. The summed E-state index contributed by atoms with van der Waals surface area (Å²) in [5.41, 5.74) is 1.02. The first kappa shape index (κ1) is 10.9. The van der Waals surface area contributed by atoms with Gasteiger partial charge < -0.3 is 10.6 Å². The molecule has 5 heteroatoms. The maximum atomic E-state index is 11.7. The Kier molecular flexibility index (Phi) is 3.03. The van der Waals surface area contributed by atoms with E-state index < -0.39 is 0 Å². The van der Waals surface area contributed by atoms with Crippen molar-refractivity contribution in [2.75, 3.05) is 5.32 Å². The molecule has 0 spiro atoms. The highest BCUT2D eigenvalue weighted by Gasteiger charge is 2.25. The van der Waals surface area contributed by atoms with Crippen LogP contribution in [0, 0.1) is 6.92 Å². The summed E-state index contributed by atoms with van der Waals surface area (Å²) in [6.07, 6.45) is 3.88. The van der Waals surface area contributed by atoms with Crippen LogP contribution >= 0.6 is 0 Å². The largest absolute Gasteiger partial charge is 0.357 e. The number of rotatable bonds is 4. The molecule has 86 valence electrons.